The highest BCUT2D eigenvalue weighted by atomic mass is 79.9. The van der Waals surface area contributed by atoms with Crippen molar-refractivity contribution in [2.75, 3.05) is 7.05 Å². The standard InChI is InChI=1S/C14H12Br2N2O3/c1-17-8-9-2-3-12(7-14(9)16)21-13-5-10(15)4-11(6-13)18(19)20/h2-7,17H,8H2,1H3. The first kappa shape index (κ1) is 15.9. The molecule has 0 aliphatic heterocycles. The molecule has 0 radical (unpaired) electrons. The molecule has 0 heterocycles. The SMILES string of the molecule is CNCc1ccc(Oc2cc(Br)cc([N+](=O)[O-])c2)cc1Br. The van der Waals surface area contributed by atoms with Gasteiger partial charge in [0.2, 0.25) is 0 Å². The first-order valence-electron chi connectivity index (χ1n) is 6.05. The molecule has 2 aromatic carbocycles. The van der Waals surface area contributed by atoms with E-state index in [4.69, 9.17) is 4.74 Å². The van der Waals surface area contributed by atoms with Gasteiger partial charge in [0.05, 0.1) is 11.0 Å². The van der Waals surface area contributed by atoms with Crippen LogP contribution in [0.1, 0.15) is 5.56 Å². The minimum atomic E-state index is -0.455. The number of nitrogens with zero attached hydrogens (tertiary/aromatic N) is 1. The lowest BCUT2D eigenvalue weighted by Crippen LogP contribution is -2.05. The molecule has 0 spiro atoms. The average Bonchev–Trinajstić information content (AvgIpc) is 2.41. The Balaban J connectivity index is 2.26. The number of non-ortho nitro benzene ring substituents is 1. The van der Waals surface area contributed by atoms with Crippen LogP contribution in [0.25, 0.3) is 0 Å². The summed E-state index contributed by atoms with van der Waals surface area (Å²) in [6.07, 6.45) is 0. The van der Waals surface area contributed by atoms with Crippen molar-refractivity contribution >= 4 is 37.5 Å². The third kappa shape index (κ3) is 4.26. The number of hydrogen-bond donors (Lipinski definition) is 1. The normalized spacial score (nSPS) is 10.4. The monoisotopic (exact) mass is 414 g/mol. The number of nitro groups is 1. The molecule has 2 rings (SSSR count). The lowest BCUT2D eigenvalue weighted by Gasteiger charge is -2.09. The highest BCUT2D eigenvalue weighted by Gasteiger charge is 2.10. The van der Waals surface area contributed by atoms with Crippen molar-refractivity contribution in [3.8, 4) is 11.5 Å². The van der Waals surface area contributed by atoms with Crippen LogP contribution in [0.3, 0.4) is 0 Å². The van der Waals surface area contributed by atoms with E-state index < -0.39 is 4.92 Å². The molecular weight excluding hydrogens is 404 g/mol. The van der Waals surface area contributed by atoms with Crippen LogP contribution in [0.5, 0.6) is 11.5 Å². The number of nitro benzene ring substituents is 1. The first-order valence-corrected chi connectivity index (χ1v) is 7.64. The van der Waals surface area contributed by atoms with Gasteiger partial charge in [-0.05, 0) is 30.8 Å². The Hall–Kier alpha value is -1.44. The number of benzene rings is 2. The van der Waals surface area contributed by atoms with Crippen LogP contribution in [-0.4, -0.2) is 12.0 Å². The van der Waals surface area contributed by atoms with E-state index in [2.05, 4.69) is 37.2 Å². The molecule has 110 valence electrons. The fourth-order valence-corrected chi connectivity index (χ4v) is 2.73. The molecule has 0 bridgehead atoms. The molecule has 0 aromatic heterocycles. The van der Waals surface area contributed by atoms with Crippen molar-refractivity contribution in [2.24, 2.45) is 0 Å². The van der Waals surface area contributed by atoms with Gasteiger partial charge in [-0.2, -0.15) is 0 Å². The quantitative estimate of drug-likeness (QED) is 0.571. The zero-order valence-electron chi connectivity index (χ0n) is 11.1. The fourth-order valence-electron chi connectivity index (χ4n) is 1.77. The summed E-state index contributed by atoms with van der Waals surface area (Å²) in [5.74, 6) is 1.01. The maximum atomic E-state index is 10.8. The average molecular weight is 416 g/mol. The lowest BCUT2D eigenvalue weighted by atomic mass is 10.2. The van der Waals surface area contributed by atoms with Gasteiger partial charge in [-0.15, -0.1) is 0 Å². The second-order valence-corrected chi connectivity index (χ2v) is 6.06. The maximum absolute atomic E-state index is 10.8. The van der Waals surface area contributed by atoms with Gasteiger partial charge < -0.3 is 10.1 Å². The summed E-state index contributed by atoms with van der Waals surface area (Å²) in [4.78, 5) is 10.4. The van der Waals surface area contributed by atoms with Gasteiger partial charge in [0.25, 0.3) is 5.69 Å². The highest BCUT2D eigenvalue weighted by Crippen LogP contribution is 2.31. The Bertz CT molecular complexity index is 677. The van der Waals surface area contributed by atoms with E-state index in [0.717, 1.165) is 16.6 Å². The topological polar surface area (TPSA) is 64.4 Å². The third-order valence-corrected chi connectivity index (χ3v) is 3.89. The van der Waals surface area contributed by atoms with Crippen LogP contribution in [-0.2, 0) is 6.54 Å². The van der Waals surface area contributed by atoms with Crippen molar-refractivity contribution in [2.45, 2.75) is 6.54 Å². The van der Waals surface area contributed by atoms with Gasteiger partial charge in [-0.1, -0.05) is 37.9 Å². The van der Waals surface area contributed by atoms with Crippen LogP contribution >= 0.6 is 31.9 Å². The number of halogens is 2. The summed E-state index contributed by atoms with van der Waals surface area (Å²) in [7, 11) is 1.87. The van der Waals surface area contributed by atoms with Crippen molar-refractivity contribution in [1.29, 1.82) is 0 Å². The van der Waals surface area contributed by atoms with Crippen molar-refractivity contribution in [1.82, 2.24) is 5.32 Å². The number of rotatable bonds is 5. The summed E-state index contributed by atoms with van der Waals surface area (Å²) in [6, 6.07) is 10.1. The molecule has 0 aliphatic carbocycles. The van der Waals surface area contributed by atoms with E-state index in [1.165, 1.54) is 12.1 Å². The number of ether oxygens (including phenoxy) is 1. The fraction of sp³-hybridized carbons (Fsp3) is 0.143. The summed E-state index contributed by atoms with van der Waals surface area (Å²) < 4.78 is 7.19. The minimum Gasteiger partial charge on any atom is -0.457 e. The smallest absolute Gasteiger partial charge is 0.274 e. The molecule has 1 N–H and O–H groups in total. The summed E-state index contributed by atoms with van der Waals surface area (Å²) in [6.45, 7) is 0.739. The Morgan fingerprint density at radius 3 is 2.57 bits per heavy atom. The van der Waals surface area contributed by atoms with Crippen LogP contribution in [0.2, 0.25) is 0 Å². The minimum absolute atomic E-state index is 0.0229. The number of nitrogens with one attached hydrogen (secondary N) is 1. The Labute approximate surface area is 138 Å². The Morgan fingerprint density at radius 2 is 1.95 bits per heavy atom. The van der Waals surface area contributed by atoms with E-state index in [-0.39, 0.29) is 5.69 Å². The van der Waals surface area contributed by atoms with E-state index in [0.29, 0.717) is 16.0 Å². The van der Waals surface area contributed by atoms with Crippen molar-refractivity contribution in [3.05, 3.63) is 61.0 Å². The molecule has 5 nitrogen and oxygen atoms in total. The molecule has 7 heteroatoms. The molecule has 0 saturated heterocycles. The zero-order valence-corrected chi connectivity index (χ0v) is 14.3. The van der Waals surface area contributed by atoms with E-state index >= 15 is 0 Å². The highest BCUT2D eigenvalue weighted by molar-refractivity contribution is 9.10. The van der Waals surface area contributed by atoms with Gasteiger partial charge in [-0.3, -0.25) is 10.1 Å². The van der Waals surface area contributed by atoms with Gasteiger partial charge in [0.15, 0.2) is 0 Å². The van der Waals surface area contributed by atoms with Gasteiger partial charge >= 0.3 is 0 Å². The van der Waals surface area contributed by atoms with Crippen molar-refractivity contribution < 1.29 is 9.66 Å². The molecule has 0 fully saturated rings. The zero-order chi connectivity index (χ0) is 15.4. The summed E-state index contributed by atoms with van der Waals surface area (Å²) in [5.41, 5.74) is 1.08. The summed E-state index contributed by atoms with van der Waals surface area (Å²) in [5, 5.41) is 13.9. The van der Waals surface area contributed by atoms with Crippen molar-refractivity contribution in [3.63, 3.8) is 0 Å². The second-order valence-electron chi connectivity index (χ2n) is 4.29. The molecule has 2 aromatic rings. The predicted octanol–water partition coefficient (Wildman–Crippen LogP) is 4.63. The van der Waals surface area contributed by atoms with E-state index in [9.17, 15) is 10.1 Å². The molecule has 21 heavy (non-hydrogen) atoms. The number of hydrogen-bond acceptors (Lipinski definition) is 4. The molecule has 0 unspecified atom stereocenters. The molecule has 0 amide bonds. The molecule has 0 aliphatic rings. The predicted molar refractivity (Wildman–Crippen MR) is 87.8 cm³/mol. The first-order chi connectivity index (χ1) is 9.99. The van der Waals surface area contributed by atoms with Crippen LogP contribution in [0, 0.1) is 10.1 Å². The van der Waals surface area contributed by atoms with E-state index in [1.807, 2.05) is 25.2 Å². The molecule has 0 saturated carbocycles. The third-order valence-electron chi connectivity index (χ3n) is 2.69. The van der Waals surface area contributed by atoms with Crippen LogP contribution in [0.15, 0.2) is 45.3 Å². The van der Waals surface area contributed by atoms with E-state index in [1.54, 1.807) is 6.07 Å². The summed E-state index contributed by atoms with van der Waals surface area (Å²) >= 11 is 6.72. The van der Waals surface area contributed by atoms with Gasteiger partial charge in [0, 0.05) is 21.6 Å². The molecule has 0 atom stereocenters. The largest absolute Gasteiger partial charge is 0.457 e. The Morgan fingerprint density at radius 1 is 1.19 bits per heavy atom. The second kappa shape index (κ2) is 7.02. The van der Waals surface area contributed by atoms with Gasteiger partial charge in [0.1, 0.15) is 11.5 Å². The maximum Gasteiger partial charge on any atom is 0.274 e. The lowest BCUT2D eigenvalue weighted by molar-refractivity contribution is -0.385. The molecular formula is C14H12Br2N2O3. The van der Waals surface area contributed by atoms with Crippen LogP contribution in [0.4, 0.5) is 5.69 Å². The van der Waals surface area contributed by atoms with Gasteiger partial charge in [-0.25, -0.2) is 0 Å². The van der Waals surface area contributed by atoms with Crippen LogP contribution < -0.4 is 10.1 Å². The Kier molecular flexibility index (Phi) is 5.33.